The van der Waals surface area contributed by atoms with E-state index in [4.69, 9.17) is 15.7 Å². The van der Waals surface area contributed by atoms with Crippen molar-refractivity contribution >= 4 is 17.4 Å². The zero-order valence-electron chi connectivity index (χ0n) is 10.4. The van der Waals surface area contributed by atoms with Gasteiger partial charge in [-0.1, -0.05) is 18.1 Å². The first-order chi connectivity index (χ1) is 8.62. The van der Waals surface area contributed by atoms with Gasteiger partial charge in [-0.25, -0.2) is 0 Å². The van der Waals surface area contributed by atoms with Crippen LogP contribution in [0.1, 0.15) is 13.3 Å². The van der Waals surface area contributed by atoms with Crippen LogP contribution in [-0.4, -0.2) is 24.1 Å². The third kappa shape index (κ3) is 3.38. The lowest BCUT2D eigenvalue weighted by Crippen LogP contribution is -2.34. The Kier molecular flexibility index (Phi) is 4.98. The van der Waals surface area contributed by atoms with E-state index in [-0.39, 0.29) is 11.7 Å². The van der Waals surface area contributed by atoms with E-state index in [0.29, 0.717) is 17.9 Å². The molecule has 0 aliphatic carbocycles. The first-order valence-corrected chi connectivity index (χ1v) is 5.54. The number of hydrogen-bond acceptors (Lipinski definition) is 4. The third-order valence-electron chi connectivity index (χ3n) is 2.53. The zero-order chi connectivity index (χ0) is 13.5. The lowest BCUT2D eigenvalue weighted by Gasteiger charge is -2.13. The minimum absolute atomic E-state index is 0.0992. The second-order valence-electron chi connectivity index (χ2n) is 3.71. The first-order valence-electron chi connectivity index (χ1n) is 5.54. The number of carbonyl (C=O) groups excluding carboxylic acids is 1. The normalized spacial score (nSPS) is 12.9. The quantitative estimate of drug-likeness (QED) is 0.319. The Balaban J connectivity index is 2.79. The number of carbonyl (C=O) groups is 1. The molecule has 0 aliphatic rings. The maximum Gasteiger partial charge on any atom is 0.235 e. The molecule has 0 aliphatic heterocycles. The lowest BCUT2D eigenvalue weighted by atomic mass is 10.0. The van der Waals surface area contributed by atoms with Crippen LogP contribution in [0.25, 0.3) is 0 Å². The molecular formula is C12H17N3O3. The Morgan fingerprint density at radius 1 is 1.61 bits per heavy atom. The number of hydrogen-bond donors (Lipinski definition) is 3. The Morgan fingerprint density at radius 2 is 2.33 bits per heavy atom. The van der Waals surface area contributed by atoms with Gasteiger partial charge in [0.05, 0.1) is 13.0 Å². The lowest BCUT2D eigenvalue weighted by molar-refractivity contribution is -0.118. The second-order valence-corrected chi connectivity index (χ2v) is 3.71. The van der Waals surface area contributed by atoms with Gasteiger partial charge in [-0.2, -0.15) is 0 Å². The van der Waals surface area contributed by atoms with Crippen LogP contribution in [0.15, 0.2) is 29.4 Å². The molecule has 4 N–H and O–H groups in total. The number of ether oxygens (including phenoxy) is 1. The van der Waals surface area contributed by atoms with Gasteiger partial charge in [0.15, 0.2) is 5.84 Å². The Labute approximate surface area is 105 Å². The molecule has 1 unspecified atom stereocenters. The van der Waals surface area contributed by atoms with Crippen molar-refractivity contribution in [3.8, 4) is 5.75 Å². The van der Waals surface area contributed by atoms with Crippen LogP contribution < -0.4 is 15.8 Å². The maximum absolute atomic E-state index is 11.9. The summed E-state index contributed by atoms with van der Waals surface area (Å²) in [5.41, 5.74) is 6.05. The standard InChI is InChI=1S/C12H17N3O3/c1-3-10(11(13)15-17)12(16)14-8-5-4-6-9(7-8)18-2/h4-7,10,17H,3H2,1-2H3,(H2,13,15)(H,14,16). The zero-order valence-corrected chi connectivity index (χ0v) is 10.4. The number of benzene rings is 1. The van der Waals surface area contributed by atoms with Gasteiger partial charge in [0.25, 0.3) is 0 Å². The number of amides is 1. The fourth-order valence-electron chi connectivity index (χ4n) is 1.53. The van der Waals surface area contributed by atoms with E-state index in [9.17, 15) is 4.79 Å². The number of oxime groups is 1. The van der Waals surface area contributed by atoms with Crippen LogP contribution in [0.3, 0.4) is 0 Å². The number of nitrogens with two attached hydrogens (primary N) is 1. The van der Waals surface area contributed by atoms with Crippen molar-refractivity contribution in [3.63, 3.8) is 0 Å². The predicted octanol–water partition coefficient (Wildman–Crippen LogP) is 1.41. The Morgan fingerprint density at radius 3 is 2.89 bits per heavy atom. The molecule has 1 aromatic carbocycles. The SMILES string of the molecule is CCC(C(=O)Nc1cccc(OC)c1)C(N)=NO. The molecule has 1 aromatic rings. The highest BCUT2D eigenvalue weighted by atomic mass is 16.5. The van der Waals surface area contributed by atoms with Crippen LogP contribution >= 0.6 is 0 Å². The van der Waals surface area contributed by atoms with E-state index in [0.717, 1.165) is 0 Å². The molecule has 0 spiro atoms. The minimum Gasteiger partial charge on any atom is -0.497 e. The van der Waals surface area contributed by atoms with Crippen molar-refractivity contribution in [1.29, 1.82) is 0 Å². The molecule has 0 aromatic heterocycles. The molecule has 6 heteroatoms. The van der Waals surface area contributed by atoms with Crippen molar-refractivity contribution in [2.75, 3.05) is 12.4 Å². The predicted molar refractivity (Wildman–Crippen MR) is 68.8 cm³/mol. The minimum atomic E-state index is -0.652. The monoisotopic (exact) mass is 251 g/mol. The average molecular weight is 251 g/mol. The first kappa shape index (κ1) is 13.8. The molecule has 98 valence electrons. The second kappa shape index (κ2) is 6.48. The van der Waals surface area contributed by atoms with E-state index in [1.165, 1.54) is 0 Å². The molecule has 1 atom stereocenters. The maximum atomic E-state index is 11.9. The molecular weight excluding hydrogens is 234 g/mol. The highest BCUT2D eigenvalue weighted by molar-refractivity contribution is 6.07. The molecule has 6 nitrogen and oxygen atoms in total. The van der Waals surface area contributed by atoms with Crippen molar-refractivity contribution in [3.05, 3.63) is 24.3 Å². The Hall–Kier alpha value is -2.24. The fraction of sp³-hybridized carbons (Fsp3) is 0.333. The molecule has 0 heterocycles. The van der Waals surface area contributed by atoms with Crippen molar-refractivity contribution in [1.82, 2.24) is 0 Å². The summed E-state index contributed by atoms with van der Waals surface area (Å²) in [4.78, 5) is 11.9. The summed E-state index contributed by atoms with van der Waals surface area (Å²) in [5.74, 6) is -0.426. The summed E-state index contributed by atoms with van der Waals surface area (Å²) in [5, 5.41) is 14.2. The van der Waals surface area contributed by atoms with Gasteiger partial charge in [-0.05, 0) is 18.6 Å². The number of rotatable bonds is 5. The summed E-state index contributed by atoms with van der Waals surface area (Å²) >= 11 is 0. The van der Waals surface area contributed by atoms with E-state index in [1.54, 1.807) is 38.3 Å². The Bertz CT molecular complexity index is 446. The van der Waals surface area contributed by atoms with Gasteiger partial charge in [0, 0.05) is 11.8 Å². The highest BCUT2D eigenvalue weighted by Crippen LogP contribution is 2.18. The molecule has 0 fully saturated rings. The van der Waals surface area contributed by atoms with Gasteiger partial charge in [0.1, 0.15) is 5.75 Å². The summed E-state index contributed by atoms with van der Waals surface area (Å²) in [7, 11) is 1.55. The summed E-state index contributed by atoms with van der Waals surface area (Å²) < 4.78 is 5.05. The number of nitrogens with one attached hydrogen (secondary N) is 1. The average Bonchev–Trinajstić information content (AvgIpc) is 2.39. The summed E-state index contributed by atoms with van der Waals surface area (Å²) in [6, 6.07) is 6.96. The van der Waals surface area contributed by atoms with Gasteiger partial charge in [-0.3, -0.25) is 4.79 Å². The topological polar surface area (TPSA) is 96.9 Å². The van der Waals surface area contributed by atoms with Crippen LogP contribution in [-0.2, 0) is 4.79 Å². The number of methoxy groups -OCH3 is 1. The van der Waals surface area contributed by atoms with Crippen molar-refractivity contribution in [2.24, 2.45) is 16.8 Å². The molecule has 1 amide bonds. The van der Waals surface area contributed by atoms with Crippen molar-refractivity contribution in [2.45, 2.75) is 13.3 Å². The van der Waals surface area contributed by atoms with Crippen molar-refractivity contribution < 1.29 is 14.7 Å². The summed E-state index contributed by atoms with van der Waals surface area (Å²) in [6.07, 6.45) is 0.450. The number of nitrogens with zero attached hydrogens (tertiary/aromatic N) is 1. The fourth-order valence-corrected chi connectivity index (χ4v) is 1.53. The smallest absolute Gasteiger partial charge is 0.235 e. The van der Waals surface area contributed by atoms with Crippen LogP contribution in [0.2, 0.25) is 0 Å². The molecule has 0 saturated carbocycles. The molecule has 0 radical (unpaired) electrons. The van der Waals surface area contributed by atoms with E-state index in [2.05, 4.69) is 10.5 Å². The van der Waals surface area contributed by atoms with E-state index in [1.807, 2.05) is 0 Å². The summed E-state index contributed by atoms with van der Waals surface area (Å²) in [6.45, 7) is 1.79. The van der Waals surface area contributed by atoms with Gasteiger partial charge in [-0.15, -0.1) is 0 Å². The molecule has 0 bridgehead atoms. The van der Waals surface area contributed by atoms with E-state index >= 15 is 0 Å². The van der Waals surface area contributed by atoms with Gasteiger partial charge >= 0.3 is 0 Å². The molecule has 18 heavy (non-hydrogen) atoms. The molecule has 1 rings (SSSR count). The van der Waals surface area contributed by atoms with Crippen LogP contribution in [0, 0.1) is 5.92 Å². The third-order valence-corrected chi connectivity index (χ3v) is 2.53. The van der Waals surface area contributed by atoms with Crippen LogP contribution in [0.5, 0.6) is 5.75 Å². The van der Waals surface area contributed by atoms with Gasteiger partial charge in [0.2, 0.25) is 5.91 Å². The molecule has 0 saturated heterocycles. The van der Waals surface area contributed by atoms with E-state index < -0.39 is 5.92 Å². The number of amidine groups is 1. The largest absolute Gasteiger partial charge is 0.497 e. The number of anilines is 1. The highest BCUT2D eigenvalue weighted by Gasteiger charge is 2.21. The van der Waals surface area contributed by atoms with Crippen LogP contribution in [0.4, 0.5) is 5.69 Å². The van der Waals surface area contributed by atoms with Gasteiger partial charge < -0.3 is 21.0 Å².